The van der Waals surface area contributed by atoms with Gasteiger partial charge in [0.15, 0.2) is 0 Å². The summed E-state index contributed by atoms with van der Waals surface area (Å²) in [5.41, 5.74) is 0.949. The van der Waals surface area contributed by atoms with E-state index in [2.05, 4.69) is 0 Å². The molecule has 1 aliphatic rings. The largest absolute Gasteiger partial charge is 0.464 e. The van der Waals surface area contributed by atoms with E-state index < -0.39 is 0 Å². The van der Waals surface area contributed by atoms with Crippen molar-refractivity contribution >= 4 is 12.1 Å². The van der Waals surface area contributed by atoms with Crippen LogP contribution in [0.5, 0.6) is 0 Å². The van der Waals surface area contributed by atoms with Gasteiger partial charge in [-0.15, -0.1) is 0 Å². The standard InChI is InChI=1S/C16H21NO5/c1-2-20-15(18)12-21-14-8-9-17(10-14)16(19)22-11-13-6-4-3-5-7-13/h3-7,14H,2,8-12H2,1H3/t14-/m0/s1. The van der Waals surface area contributed by atoms with Gasteiger partial charge in [-0.25, -0.2) is 9.59 Å². The smallest absolute Gasteiger partial charge is 0.410 e. The van der Waals surface area contributed by atoms with Gasteiger partial charge in [0, 0.05) is 6.54 Å². The van der Waals surface area contributed by atoms with Crippen molar-refractivity contribution < 1.29 is 23.8 Å². The summed E-state index contributed by atoms with van der Waals surface area (Å²) in [4.78, 5) is 24.8. The number of hydrogen-bond acceptors (Lipinski definition) is 5. The molecule has 6 heteroatoms. The molecule has 1 aromatic carbocycles. The van der Waals surface area contributed by atoms with Gasteiger partial charge in [-0.1, -0.05) is 30.3 Å². The van der Waals surface area contributed by atoms with Crippen molar-refractivity contribution in [3.05, 3.63) is 35.9 Å². The number of nitrogens with zero attached hydrogens (tertiary/aromatic N) is 1. The predicted octanol–water partition coefficient (Wildman–Crippen LogP) is 1.98. The summed E-state index contributed by atoms with van der Waals surface area (Å²) in [5, 5.41) is 0. The van der Waals surface area contributed by atoms with Crippen LogP contribution < -0.4 is 0 Å². The molecule has 0 bridgehead atoms. The van der Waals surface area contributed by atoms with E-state index in [1.54, 1.807) is 11.8 Å². The second-order valence-electron chi connectivity index (χ2n) is 5.01. The molecule has 0 spiro atoms. The van der Waals surface area contributed by atoms with Crippen LogP contribution in [-0.4, -0.2) is 49.4 Å². The first-order chi connectivity index (χ1) is 10.7. The van der Waals surface area contributed by atoms with Crippen molar-refractivity contribution in [1.82, 2.24) is 4.90 Å². The SMILES string of the molecule is CCOC(=O)CO[C@H]1CCN(C(=O)OCc2ccccc2)C1. The van der Waals surface area contributed by atoms with Gasteiger partial charge in [-0.2, -0.15) is 0 Å². The first kappa shape index (κ1) is 16.3. The Morgan fingerprint density at radius 2 is 2.00 bits per heavy atom. The molecule has 22 heavy (non-hydrogen) atoms. The molecule has 0 aliphatic carbocycles. The van der Waals surface area contributed by atoms with Crippen molar-refractivity contribution in [2.24, 2.45) is 0 Å². The van der Waals surface area contributed by atoms with Crippen molar-refractivity contribution in [3.8, 4) is 0 Å². The Kier molecular flexibility index (Phi) is 6.21. The fourth-order valence-electron chi connectivity index (χ4n) is 2.23. The highest BCUT2D eigenvalue weighted by Crippen LogP contribution is 2.14. The van der Waals surface area contributed by atoms with Gasteiger partial charge in [0.2, 0.25) is 0 Å². The predicted molar refractivity (Wildman–Crippen MR) is 79.2 cm³/mol. The molecule has 1 fully saturated rings. The molecule has 1 saturated heterocycles. The maximum atomic E-state index is 12.0. The monoisotopic (exact) mass is 307 g/mol. The zero-order valence-electron chi connectivity index (χ0n) is 12.7. The van der Waals surface area contributed by atoms with Crippen LogP contribution in [0.2, 0.25) is 0 Å². The van der Waals surface area contributed by atoms with Gasteiger partial charge < -0.3 is 19.1 Å². The number of esters is 1. The van der Waals surface area contributed by atoms with Crippen molar-refractivity contribution in [2.75, 3.05) is 26.3 Å². The highest BCUT2D eigenvalue weighted by atomic mass is 16.6. The van der Waals surface area contributed by atoms with E-state index in [4.69, 9.17) is 14.2 Å². The van der Waals surface area contributed by atoms with Crippen LogP contribution in [0, 0.1) is 0 Å². The van der Waals surface area contributed by atoms with Crippen molar-refractivity contribution in [3.63, 3.8) is 0 Å². The van der Waals surface area contributed by atoms with E-state index >= 15 is 0 Å². The summed E-state index contributed by atoms with van der Waals surface area (Å²) >= 11 is 0. The van der Waals surface area contributed by atoms with Crippen LogP contribution in [0.25, 0.3) is 0 Å². The molecule has 0 N–H and O–H groups in total. The van der Waals surface area contributed by atoms with Gasteiger partial charge >= 0.3 is 12.1 Å². The Morgan fingerprint density at radius 1 is 1.23 bits per heavy atom. The average Bonchev–Trinajstić information content (AvgIpc) is 3.01. The molecule has 0 aromatic heterocycles. The number of likely N-dealkylation sites (tertiary alicyclic amines) is 1. The highest BCUT2D eigenvalue weighted by Gasteiger charge is 2.28. The maximum Gasteiger partial charge on any atom is 0.410 e. The molecule has 2 rings (SSSR count). The Hall–Kier alpha value is -2.08. The third-order valence-corrected chi connectivity index (χ3v) is 3.35. The van der Waals surface area contributed by atoms with Crippen LogP contribution in [0.4, 0.5) is 4.79 Å². The molecule has 1 aromatic rings. The zero-order valence-corrected chi connectivity index (χ0v) is 12.7. The molecule has 0 radical (unpaired) electrons. The summed E-state index contributed by atoms with van der Waals surface area (Å²) < 4.78 is 15.5. The second kappa shape index (κ2) is 8.38. The Morgan fingerprint density at radius 3 is 2.73 bits per heavy atom. The minimum absolute atomic E-state index is 0.0780. The number of carbonyl (C=O) groups excluding carboxylic acids is 2. The average molecular weight is 307 g/mol. The first-order valence-corrected chi connectivity index (χ1v) is 7.42. The molecule has 0 saturated carbocycles. The normalized spacial score (nSPS) is 17.3. The van der Waals surface area contributed by atoms with E-state index in [1.165, 1.54) is 0 Å². The molecule has 1 atom stereocenters. The summed E-state index contributed by atoms with van der Waals surface area (Å²) in [6.07, 6.45) is 0.194. The third-order valence-electron chi connectivity index (χ3n) is 3.35. The molecule has 1 amide bonds. The van der Waals surface area contributed by atoms with Crippen LogP contribution in [-0.2, 0) is 25.6 Å². The van der Waals surface area contributed by atoms with E-state index in [1.807, 2.05) is 30.3 Å². The summed E-state index contributed by atoms with van der Waals surface area (Å²) in [7, 11) is 0. The van der Waals surface area contributed by atoms with Crippen LogP contribution in [0.1, 0.15) is 18.9 Å². The molecule has 6 nitrogen and oxygen atoms in total. The summed E-state index contributed by atoms with van der Waals surface area (Å²) in [6, 6.07) is 9.53. The summed E-state index contributed by atoms with van der Waals surface area (Å²) in [5.74, 6) is -0.382. The molecule has 1 aliphatic heterocycles. The van der Waals surface area contributed by atoms with Gasteiger partial charge in [-0.05, 0) is 18.9 Å². The lowest BCUT2D eigenvalue weighted by atomic mass is 10.2. The highest BCUT2D eigenvalue weighted by molar-refractivity contribution is 5.70. The lowest BCUT2D eigenvalue weighted by Gasteiger charge is -2.16. The lowest BCUT2D eigenvalue weighted by Crippen LogP contribution is -2.31. The van der Waals surface area contributed by atoms with Crippen LogP contribution >= 0.6 is 0 Å². The third kappa shape index (κ3) is 5.04. The van der Waals surface area contributed by atoms with Crippen LogP contribution in [0.3, 0.4) is 0 Å². The molecular formula is C16H21NO5. The fourth-order valence-corrected chi connectivity index (χ4v) is 2.23. The lowest BCUT2D eigenvalue weighted by molar-refractivity contribution is -0.150. The Labute approximate surface area is 129 Å². The van der Waals surface area contributed by atoms with Gasteiger partial charge in [-0.3, -0.25) is 0 Å². The number of hydrogen-bond donors (Lipinski definition) is 0. The zero-order chi connectivity index (χ0) is 15.8. The molecule has 0 unspecified atom stereocenters. The number of rotatable bonds is 6. The second-order valence-corrected chi connectivity index (χ2v) is 5.01. The quantitative estimate of drug-likeness (QED) is 0.752. The molecule has 1 heterocycles. The minimum atomic E-state index is -0.382. The Bertz CT molecular complexity index is 491. The van der Waals surface area contributed by atoms with Gasteiger partial charge in [0.1, 0.15) is 13.2 Å². The number of ether oxygens (including phenoxy) is 3. The summed E-state index contributed by atoms with van der Waals surface area (Å²) in [6.45, 7) is 3.27. The first-order valence-electron chi connectivity index (χ1n) is 7.42. The number of benzene rings is 1. The minimum Gasteiger partial charge on any atom is -0.464 e. The fraction of sp³-hybridized carbons (Fsp3) is 0.500. The van der Waals surface area contributed by atoms with E-state index in [0.29, 0.717) is 26.1 Å². The van der Waals surface area contributed by atoms with Gasteiger partial charge in [0.25, 0.3) is 0 Å². The maximum absolute atomic E-state index is 12.0. The van der Waals surface area contributed by atoms with E-state index in [-0.39, 0.29) is 31.4 Å². The van der Waals surface area contributed by atoms with E-state index in [9.17, 15) is 9.59 Å². The number of carbonyl (C=O) groups is 2. The van der Waals surface area contributed by atoms with Crippen LogP contribution in [0.15, 0.2) is 30.3 Å². The van der Waals surface area contributed by atoms with Crippen molar-refractivity contribution in [2.45, 2.75) is 26.1 Å². The van der Waals surface area contributed by atoms with E-state index in [0.717, 1.165) is 5.56 Å². The molecular weight excluding hydrogens is 286 g/mol. The van der Waals surface area contributed by atoms with Gasteiger partial charge in [0.05, 0.1) is 19.3 Å². The van der Waals surface area contributed by atoms with Crippen molar-refractivity contribution in [1.29, 1.82) is 0 Å². The Balaban J connectivity index is 1.68. The topological polar surface area (TPSA) is 65.1 Å². The number of amides is 1. The molecule has 120 valence electrons.